The Hall–Kier alpha value is -2.31. The number of carbonyl (C=O) groups is 1. The molecule has 3 rings (SSSR count). The molecule has 2 atom stereocenters. The Labute approximate surface area is 144 Å². The molecule has 1 aliphatic heterocycles. The summed E-state index contributed by atoms with van der Waals surface area (Å²) in [4.78, 5) is 16.4. The van der Waals surface area contributed by atoms with Gasteiger partial charge < -0.3 is 15.2 Å². The highest BCUT2D eigenvalue weighted by atomic mass is 32.2. The van der Waals surface area contributed by atoms with Gasteiger partial charge in [-0.25, -0.2) is 9.79 Å². The van der Waals surface area contributed by atoms with Crippen molar-refractivity contribution in [1.29, 1.82) is 0 Å². The maximum absolute atomic E-state index is 11.9. The zero-order chi connectivity index (χ0) is 17.0. The van der Waals surface area contributed by atoms with Crippen molar-refractivity contribution in [3.8, 4) is 0 Å². The molecule has 1 heterocycles. The van der Waals surface area contributed by atoms with Gasteiger partial charge in [0.05, 0.1) is 6.61 Å². The van der Waals surface area contributed by atoms with Crippen molar-refractivity contribution in [3.63, 3.8) is 0 Å². The van der Waals surface area contributed by atoms with E-state index < -0.39 is 17.2 Å². The number of aliphatic imine (C=N–C) groups is 1. The quantitative estimate of drug-likeness (QED) is 0.896. The highest BCUT2D eigenvalue weighted by molar-refractivity contribution is 8.15. The smallest absolute Gasteiger partial charge is 0.408 e. The van der Waals surface area contributed by atoms with Crippen molar-refractivity contribution >= 4 is 22.9 Å². The third kappa shape index (κ3) is 3.29. The van der Waals surface area contributed by atoms with Crippen molar-refractivity contribution in [1.82, 2.24) is 5.32 Å². The van der Waals surface area contributed by atoms with Crippen molar-refractivity contribution in [3.05, 3.63) is 71.8 Å². The van der Waals surface area contributed by atoms with E-state index in [1.807, 2.05) is 48.5 Å². The Morgan fingerprint density at radius 1 is 1.21 bits per heavy atom. The molecule has 5 nitrogen and oxygen atoms in total. The molecule has 24 heavy (non-hydrogen) atoms. The third-order valence-electron chi connectivity index (χ3n) is 3.61. The second-order valence-electron chi connectivity index (χ2n) is 5.24. The summed E-state index contributed by atoms with van der Waals surface area (Å²) in [5.74, 6) is 0. The molecule has 0 radical (unpaired) electrons. The normalized spacial score (nSPS) is 22.8. The number of thioether (sulfide) groups is 1. The molecule has 0 saturated carbocycles. The summed E-state index contributed by atoms with van der Waals surface area (Å²) >= 11 is 1.31. The number of nitrogens with one attached hydrogen (secondary N) is 1. The number of carbonyl (C=O) groups excluding carboxylic acids is 1. The summed E-state index contributed by atoms with van der Waals surface area (Å²) in [6.45, 7) is 2.00. The lowest BCUT2D eigenvalue weighted by molar-refractivity contribution is 0.0361. The summed E-state index contributed by atoms with van der Waals surface area (Å²) in [7, 11) is 0. The Balaban J connectivity index is 1.96. The van der Waals surface area contributed by atoms with Crippen LogP contribution in [0.2, 0.25) is 0 Å². The van der Waals surface area contributed by atoms with Gasteiger partial charge in [-0.2, -0.15) is 0 Å². The van der Waals surface area contributed by atoms with Gasteiger partial charge in [0.15, 0.2) is 0 Å². The van der Waals surface area contributed by atoms with Gasteiger partial charge in [0.1, 0.15) is 10.4 Å². The summed E-state index contributed by atoms with van der Waals surface area (Å²) in [5.41, 5.74) is -0.0422. The molecule has 2 aromatic carbocycles. The van der Waals surface area contributed by atoms with E-state index in [-0.39, 0.29) is 6.61 Å². The molecule has 0 aromatic heterocycles. The van der Waals surface area contributed by atoms with Gasteiger partial charge in [0.25, 0.3) is 0 Å². The fourth-order valence-corrected chi connectivity index (χ4v) is 3.65. The monoisotopic (exact) mass is 342 g/mol. The average molecular weight is 342 g/mol. The van der Waals surface area contributed by atoms with Crippen LogP contribution in [0, 0.1) is 0 Å². The third-order valence-corrected chi connectivity index (χ3v) is 4.84. The van der Waals surface area contributed by atoms with Gasteiger partial charge in [-0.1, -0.05) is 72.4 Å². The van der Waals surface area contributed by atoms with Crippen molar-refractivity contribution < 1.29 is 14.6 Å². The van der Waals surface area contributed by atoms with Gasteiger partial charge in [0, 0.05) is 11.1 Å². The first kappa shape index (κ1) is 16.5. The Morgan fingerprint density at radius 3 is 2.46 bits per heavy atom. The predicted molar refractivity (Wildman–Crippen MR) is 94.9 cm³/mol. The van der Waals surface area contributed by atoms with Crippen LogP contribution in [-0.2, 0) is 10.5 Å². The van der Waals surface area contributed by atoms with E-state index >= 15 is 0 Å². The number of rotatable bonds is 4. The van der Waals surface area contributed by atoms with E-state index in [9.17, 15) is 9.90 Å². The van der Waals surface area contributed by atoms with Crippen LogP contribution in [0.15, 0.2) is 65.7 Å². The molecule has 1 amide bonds. The van der Waals surface area contributed by atoms with E-state index in [1.54, 1.807) is 19.1 Å². The second kappa shape index (κ2) is 7.07. The minimum Gasteiger partial charge on any atom is -0.450 e. The zero-order valence-corrected chi connectivity index (χ0v) is 14.0. The summed E-state index contributed by atoms with van der Waals surface area (Å²) in [6, 6.07) is 18.7. The van der Waals surface area contributed by atoms with Gasteiger partial charge in [-0.3, -0.25) is 0 Å². The molecular formula is C18H18N2O3S. The number of aliphatic hydroxyl groups is 1. The minimum absolute atomic E-state index is 0.263. The van der Waals surface area contributed by atoms with Crippen LogP contribution >= 0.6 is 11.8 Å². The highest BCUT2D eigenvalue weighted by Crippen LogP contribution is 2.41. The molecule has 0 aliphatic carbocycles. The first-order valence-electron chi connectivity index (χ1n) is 7.66. The molecule has 6 heteroatoms. The fourth-order valence-electron chi connectivity index (χ4n) is 2.46. The number of amides is 1. The van der Waals surface area contributed by atoms with Crippen LogP contribution in [-0.4, -0.2) is 28.2 Å². The Kier molecular flexibility index (Phi) is 4.87. The Morgan fingerprint density at radius 2 is 1.83 bits per heavy atom. The standard InChI is InChI=1S/C18H18N2O3S/c1-2-23-17(21)19-16-18(22,14-11-7-4-8-12-14)20-15(24-16)13-9-5-3-6-10-13/h3-12,16,22H,2H2,1H3,(H,19,21). The maximum atomic E-state index is 11.9. The molecule has 2 aromatic rings. The molecule has 2 unspecified atom stereocenters. The molecule has 0 spiro atoms. The van der Waals surface area contributed by atoms with Crippen molar-refractivity contribution in [2.24, 2.45) is 4.99 Å². The van der Waals surface area contributed by atoms with Crippen LogP contribution < -0.4 is 5.32 Å². The molecular weight excluding hydrogens is 324 g/mol. The van der Waals surface area contributed by atoms with Gasteiger partial charge in [-0.15, -0.1) is 0 Å². The molecule has 124 valence electrons. The molecule has 0 bridgehead atoms. The Bertz CT molecular complexity index is 736. The second-order valence-corrected chi connectivity index (χ2v) is 6.33. The lowest BCUT2D eigenvalue weighted by Crippen LogP contribution is -2.45. The first-order chi connectivity index (χ1) is 11.6. The van der Waals surface area contributed by atoms with Crippen molar-refractivity contribution in [2.45, 2.75) is 18.0 Å². The lowest BCUT2D eigenvalue weighted by atomic mass is 10.0. The van der Waals surface area contributed by atoms with E-state index in [0.717, 1.165) is 5.56 Å². The van der Waals surface area contributed by atoms with Crippen LogP contribution in [0.25, 0.3) is 0 Å². The highest BCUT2D eigenvalue weighted by Gasteiger charge is 2.46. The number of benzene rings is 2. The number of ether oxygens (including phenoxy) is 1. The van der Waals surface area contributed by atoms with E-state index in [2.05, 4.69) is 10.3 Å². The molecule has 0 saturated heterocycles. The lowest BCUT2D eigenvalue weighted by Gasteiger charge is -2.27. The van der Waals surface area contributed by atoms with Crippen LogP contribution in [0.5, 0.6) is 0 Å². The SMILES string of the molecule is CCOC(=O)NC1SC(c2ccccc2)=NC1(O)c1ccccc1. The topological polar surface area (TPSA) is 70.9 Å². The van der Waals surface area contributed by atoms with E-state index in [0.29, 0.717) is 10.6 Å². The zero-order valence-electron chi connectivity index (χ0n) is 13.2. The number of alkyl carbamates (subject to hydrolysis) is 1. The summed E-state index contributed by atoms with van der Waals surface area (Å²) in [5, 5.41) is 13.9. The predicted octanol–water partition coefficient (Wildman–Crippen LogP) is 3.10. The van der Waals surface area contributed by atoms with Gasteiger partial charge >= 0.3 is 6.09 Å². The van der Waals surface area contributed by atoms with Crippen LogP contribution in [0.3, 0.4) is 0 Å². The maximum Gasteiger partial charge on any atom is 0.408 e. The van der Waals surface area contributed by atoms with E-state index in [4.69, 9.17) is 4.74 Å². The number of hydrogen-bond acceptors (Lipinski definition) is 5. The average Bonchev–Trinajstić information content (AvgIpc) is 2.95. The first-order valence-corrected chi connectivity index (χ1v) is 8.54. The number of nitrogens with zero attached hydrogens (tertiary/aromatic N) is 1. The fraction of sp³-hybridized carbons (Fsp3) is 0.222. The molecule has 0 fully saturated rings. The summed E-state index contributed by atoms with van der Waals surface area (Å²) < 4.78 is 4.95. The van der Waals surface area contributed by atoms with Gasteiger partial charge in [-0.05, 0) is 6.92 Å². The van der Waals surface area contributed by atoms with Crippen molar-refractivity contribution in [2.75, 3.05) is 6.61 Å². The molecule has 2 N–H and O–H groups in total. The van der Waals surface area contributed by atoms with Gasteiger partial charge in [0.2, 0.25) is 5.72 Å². The number of hydrogen-bond donors (Lipinski definition) is 2. The largest absolute Gasteiger partial charge is 0.450 e. The van der Waals surface area contributed by atoms with Crippen LogP contribution in [0.1, 0.15) is 18.1 Å². The summed E-state index contributed by atoms with van der Waals surface area (Å²) in [6.07, 6.45) is -0.575. The minimum atomic E-state index is -1.55. The van der Waals surface area contributed by atoms with E-state index in [1.165, 1.54) is 11.8 Å². The molecule has 1 aliphatic rings. The van der Waals surface area contributed by atoms with Crippen LogP contribution in [0.4, 0.5) is 4.79 Å².